The van der Waals surface area contributed by atoms with E-state index in [1.807, 2.05) is 55.5 Å². The van der Waals surface area contributed by atoms with Gasteiger partial charge in [0.15, 0.2) is 5.69 Å². The van der Waals surface area contributed by atoms with Crippen molar-refractivity contribution < 1.29 is 33.0 Å². The molecule has 0 bridgehead atoms. The predicted molar refractivity (Wildman–Crippen MR) is 268 cm³/mol. The molecule has 2 aliphatic rings. The number of piperazine rings is 1. The van der Waals surface area contributed by atoms with Crippen molar-refractivity contribution in [2.75, 3.05) is 71.4 Å². The minimum absolute atomic E-state index is 0.00371. The zero-order valence-corrected chi connectivity index (χ0v) is 39.5. The molecule has 17 nitrogen and oxygen atoms in total. The number of nitrogens with zero attached hydrogens (tertiary/aromatic N) is 6. The van der Waals surface area contributed by atoms with E-state index in [1.165, 1.54) is 34.2 Å². The van der Waals surface area contributed by atoms with Crippen LogP contribution in [0, 0.1) is 5.82 Å². The second-order valence-corrected chi connectivity index (χ2v) is 17.5. The van der Waals surface area contributed by atoms with Crippen LogP contribution < -0.4 is 22.2 Å². The molecular weight excluding hydrogens is 922 g/mol. The highest BCUT2D eigenvalue weighted by molar-refractivity contribution is 5.98. The first-order valence-electron chi connectivity index (χ1n) is 23.7. The van der Waals surface area contributed by atoms with Crippen molar-refractivity contribution in [2.45, 2.75) is 25.8 Å². The third-order valence-electron chi connectivity index (χ3n) is 13.1. The molecule has 0 radical (unpaired) electrons. The fraction of sp³-hybridized carbons (Fsp3) is 0.259. The number of carbonyl (C=O) groups excluding carboxylic acids is 4. The van der Waals surface area contributed by atoms with Gasteiger partial charge in [-0.3, -0.25) is 28.9 Å². The van der Waals surface area contributed by atoms with Crippen molar-refractivity contribution in [3.63, 3.8) is 0 Å². The van der Waals surface area contributed by atoms with Gasteiger partial charge in [0.2, 0.25) is 5.91 Å². The van der Waals surface area contributed by atoms with Crippen LogP contribution in [0.5, 0.6) is 0 Å². The number of rotatable bonds is 16. The van der Waals surface area contributed by atoms with Crippen LogP contribution in [0.15, 0.2) is 131 Å². The summed E-state index contributed by atoms with van der Waals surface area (Å²) in [7, 11) is 0. The average Bonchev–Trinajstić information content (AvgIpc) is 3.73. The molecule has 7 aromatic rings. The van der Waals surface area contributed by atoms with Gasteiger partial charge in [-0.15, -0.1) is 0 Å². The fourth-order valence-corrected chi connectivity index (χ4v) is 9.23. The maximum Gasteiger partial charge on any atom is 0.410 e. The lowest BCUT2D eigenvalue weighted by Crippen LogP contribution is -2.53. The Kier molecular flexibility index (Phi) is 14.6. The van der Waals surface area contributed by atoms with Crippen molar-refractivity contribution in [3.8, 4) is 22.3 Å². The van der Waals surface area contributed by atoms with Crippen LogP contribution >= 0.6 is 0 Å². The maximum absolute atomic E-state index is 15.3. The number of fused-ring (bicyclic) bond motifs is 4. The van der Waals surface area contributed by atoms with Gasteiger partial charge >= 0.3 is 6.09 Å². The molecule has 0 unspecified atom stereocenters. The van der Waals surface area contributed by atoms with Crippen LogP contribution in [0.25, 0.3) is 33.0 Å². The van der Waals surface area contributed by atoms with Gasteiger partial charge in [0.25, 0.3) is 22.9 Å². The number of H-pyrrole nitrogens is 1. The molecule has 0 spiro atoms. The van der Waals surface area contributed by atoms with E-state index >= 15 is 4.39 Å². The van der Waals surface area contributed by atoms with Crippen molar-refractivity contribution in [1.29, 1.82) is 0 Å². The molecule has 368 valence electrons. The Morgan fingerprint density at radius 1 is 0.833 bits per heavy atom. The summed E-state index contributed by atoms with van der Waals surface area (Å²) in [5.41, 5.74) is 12.6. The smallest absolute Gasteiger partial charge is 0.410 e. The van der Waals surface area contributed by atoms with E-state index in [2.05, 4.69) is 20.5 Å². The highest BCUT2D eigenvalue weighted by atomic mass is 19.1. The second-order valence-electron chi connectivity index (χ2n) is 17.5. The first-order chi connectivity index (χ1) is 35.0. The lowest BCUT2D eigenvalue weighted by Gasteiger charge is -2.36. The third-order valence-corrected chi connectivity index (χ3v) is 13.1. The van der Waals surface area contributed by atoms with Crippen molar-refractivity contribution in [2.24, 2.45) is 0 Å². The summed E-state index contributed by atoms with van der Waals surface area (Å²) in [6, 6.07) is 32.0. The van der Waals surface area contributed by atoms with Crippen LogP contribution in [0.4, 0.5) is 14.9 Å². The number of hydrogen-bond acceptors (Lipinski definition) is 11. The molecule has 1 aliphatic heterocycles. The van der Waals surface area contributed by atoms with Crippen molar-refractivity contribution in [3.05, 3.63) is 182 Å². The summed E-state index contributed by atoms with van der Waals surface area (Å²) in [5.74, 6) is -2.32. The number of nitrogen functional groups attached to an aromatic ring is 1. The van der Waals surface area contributed by atoms with Gasteiger partial charge in [0.1, 0.15) is 19.0 Å². The summed E-state index contributed by atoms with van der Waals surface area (Å²) in [6.45, 7) is 2.73. The van der Waals surface area contributed by atoms with E-state index in [1.54, 1.807) is 58.1 Å². The van der Waals surface area contributed by atoms with Gasteiger partial charge in [-0.1, -0.05) is 72.8 Å². The number of aromatic nitrogens is 4. The predicted octanol–water partition coefficient (Wildman–Crippen LogP) is 5.46. The number of anilines is 1. The molecule has 0 saturated carbocycles. The molecule has 4 aromatic carbocycles. The first-order valence-corrected chi connectivity index (χ1v) is 23.7. The van der Waals surface area contributed by atoms with Gasteiger partial charge in [-0.25, -0.2) is 19.3 Å². The number of benzene rings is 4. The number of nitrogens with one attached hydrogen (secondary N) is 2. The van der Waals surface area contributed by atoms with Gasteiger partial charge in [0.05, 0.1) is 35.5 Å². The number of carbonyl (C=O) groups is 4. The van der Waals surface area contributed by atoms with Gasteiger partial charge in [0, 0.05) is 87.6 Å². The number of nitrogens with two attached hydrogens (primary N) is 1. The number of aromatic amines is 1. The minimum Gasteiger partial charge on any atom is -0.448 e. The molecule has 1 fully saturated rings. The van der Waals surface area contributed by atoms with Crippen molar-refractivity contribution in [1.82, 2.24) is 39.8 Å². The SMILES string of the molecule is CCn1cc(-c2cnc(C(=O)NCCOCCN(CC(=O)N3CCN(C(=O)c4cc(Cc5n[nH]c(=O)c6ccccc56)ccc4F)CC3)C(=O)OCC3c4ccccc4-c4ccccc43)c(N)c2)ccc1=O. The molecule has 4 heterocycles. The van der Waals surface area contributed by atoms with Gasteiger partial charge in [-0.2, -0.15) is 5.10 Å². The highest BCUT2D eigenvalue weighted by Crippen LogP contribution is 2.44. The lowest BCUT2D eigenvalue weighted by atomic mass is 9.98. The van der Waals surface area contributed by atoms with Gasteiger partial charge < -0.3 is 34.9 Å². The number of ether oxygens (including phenoxy) is 2. The maximum atomic E-state index is 15.3. The van der Waals surface area contributed by atoms with Gasteiger partial charge in [-0.05, 0) is 70.6 Å². The van der Waals surface area contributed by atoms with Crippen LogP contribution in [0.2, 0.25) is 0 Å². The Balaban J connectivity index is 0.809. The molecule has 72 heavy (non-hydrogen) atoms. The molecule has 4 N–H and O–H groups in total. The molecule has 1 aliphatic carbocycles. The normalized spacial score (nSPS) is 13.1. The lowest BCUT2D eigenvalue weighted by molar-refractivity contribution is -0.133. The topological polar surface area (TPSA) is 215 Å². The summed E-state index contributed by atoms with van der Waals surface area (Å²) >= 11 is 0. The zero-order chi connectivity index (χ0) is 50.3. The summed E-state index contributed by atoms with van der Waals surface area (Å²) < 4.78 is 28.6. The highest BCUT2D eigenvalue weighted by Gasteiger charge is 2.32. The number of hydrogen-bond donors (Lipinski definition) is 3. The monoisotopic (exact) mass is 973 g/mol. The summed E-state index contributed by atoms with van der Waals surface area (Å²) in [6.07, 6.45) is 2.75. The zero-order valence-electron chi connectivity index (χ0n) is 39.5. The van der Waals surface area contributed by atoms with E-state index in [0.717, 1.165) is 27.8 Å². The van der Waals surface area contributed by atoms with Crippen LogP contribution in [-0.4, -0.2) is 124 Å². The molecule has 1 saturated heterocycles. The Labute approximate surface area is 413 Å². The quantitative estimate of drug-likeness (QED) is 0.103. The van der Waals surface area contributed by atoms with Crippen molar-refractivity contribution >= 4 is 40.3 Å². The van der Waals surface area contributed by atoms with Crippen LogP contribution in [-0.2, 0) is 27.2 Å². The van der Waals surface area contributed by atoms with E-state index in [9.17, 15) is 28.8 Å². The largest absolute Gasteiger partial charge is 0.448 e. The Hall–Kier alpha value is -8.51. The third kappa shape index (κ3) is 10.5. The van der Waals surface area contributed by atoms with Crippen LogP contribution in [0.3, 0.4) is 0 Å². The summed E-state index contributed by atoms with van der Waals surface area (Å²) in [5, 5.41) is 10.6. The number of aryl methyl sites for hydroxylation is 1. The first kappa shape index (κ1) is 48.5. The molecule has 9 rings (SSSR count). The minimum atomic E-state index is -0.713. The molecule has 4 amide bonds. The van der Waals surface area contributed by atoms with E-state index < -0.39 is 23.7 Å². The number of halogens is 1. The number of pyridine rings is 2. The number of amides is 4. The average molecular weight is 974 g/mol. The molecular formula is C54H52FN9O8. The molecule has 18 heteroatoms. The Bertz CT molecular complexity index is 3270. The van der Waals surface area contributed by atoms with E-state index in [-0.39, 0.29) is 112 Å². The van der Waals surface area contributed by atoms with E-state index in [4.69, 9.17) is 15.2 Å². The molecule has 3 aromatic heterocycles. The van der Waals surface area contributed by atoms with Crippen LogP contribution in [0.1, 0.15) is 56.1 Å². The van der Waals surface area contributed by atoms with E-state index in [0.29, 0.717) is 34.1 Å². The Morgan fingerprint density at radius 3 is 2.25 bits per heavy atom. The fourth-order valence-electron chi connectivity index (χ4n) is 9.23. The Morgan fingerprint density at radius 2 is 1.53 bits per heavy atom. The molecule has 0 atom stereocenters. The second kappa shape index (κ2) is 21.6. The standard InChI is InChI=1S/C54H52FN9O8/c1-2-61-31-35(16-18-48(61)65)36-29-46(56)50(58-30-36)52(68)57-19-25-71-26-24-64(54(70)72-33-44-39-11-5-3-9-37(39)38-10-4-6-12-40(38)44)32-49(66)62-20-22-63(23-21-62)53(69)43-27-34(15-17-45(43)55)28-47-41-13-7-8-14-42(41)51(67)60-59-47/h3-18,27,29-31,44H,2,19-26,28,32-33,56H2,1H3,(H,57,68)(H,60,67). The summed E-state index contributed by atoms with van der Waals surface area (Å²) in [4.78, 5) is 87.6.